The summed E-state index contributed by atoms with van der Waals surface area (Å²) in [5, 5.41) is 3.35. The number of hydrogen-bond donors (Lipinski definition) is 1. The molecule has 43 heavy (non-hydrogen) atoms. The fourth-order valence-corrected chi connectivity index (χ4v) is 6.45. The smallest absolute Gasteiger partial charge is 0.264 e. The van der Waals surface area contributed by atoms with Crippen LogP contribution in [0.4, 0.5) is 5.69 Å². The zero-order chi connectivity index (χ0) is 31.0. The van der Waals surface area contributed by atoms with Gasteiger partial charge in [0.2, 0.25) is 11.8 Å². The number of likely N-dealkylation sites (N-methyl/N-ethyl adjacent to an activating group) is 1. The first-order valence-corrected chi connectivity index (χ1v) is 15.9. The van der Waals surface area contributed by atoms with Gasteiger partial charge in [-0.3, -0.25) is 13.9 Å². The summed E-state index contributed by atoms with van der Waals surface area (Å²) in [5.41, 5.74) is 3.82. The monoisotopic (exact) mass is 617 g/mol. The van der Waals surface area contributed by atoms with E-state index >= 15 is 0 Å². The summed E-state index contributed by atoms with van der Waals surface area (Å²) in [7, 11) is -4.14. The Morgan fingerprint density at radius 2 is 1.47 bits per heavy atom. The Labute approximate surface area is 259 Å². The minimum absolute atomic E-state index is 0.0557. The minimum atomic E-state index is -4.14. The topological polar surface area (TPSA) is 86.8 Å². The number of benzene rings is 4. The number of halogens is 1. The first-order valence-electron chi connectivity index (χ1n) is 14.1. The molecule has 0 unspecified atom stereocenters. The average molecular weight is 618 g/mol. The van der Waals surface area contributed by atoms with Crippen LogP contribution in [0.2, 0.25) is 5.02 Å². The lowest BCUT2D eigenvalue weighted by Gasteiger charge is -2.34. The van der Waals surface area contributed by atoms with Crippen molar-refractivity contribution in [1.82, 2.24) is 10.2 Å². The zero-order valence-electron chi connectivity index (χ0n) is 24.5. The third-order valence-electron chi connectivity index (χ3n) is 7.25. The Hall–Kier alpha value is -4.14. The van der Waals surface area contributed by atoms with Gasteiger partial charge in [0.05, 0.1) is 10.6 Å². The molecule has 0 bridgehead atoms. The number of nitrogens with zero attached hydrogens (tertiary/aromatic N) is 2. The lowest BCUT2D eigenvalue weighted by molar-refractivity contribution is -0.140. The molecule has 0 aliphatic heterocycles. The van der Waals surface area contributed by atoms with E-state index in [4.69, 9.17) is 11.6 Å². The normalized spacial score (nSPS) is 11.9. The van der Waals surface area contributed by atoms with Gasteiger partial charge in [0.15, 0.2) is 0 Å². The molecule has 0 saturated heterocycles. The standard InChI is InChI=1S/C34H36ClN3O4S/c1-4-36-34(40)32(22-27-12-7-5-8-13-27)37(23-28-14-11-15-29(35)21-28)33(39)24-38(30-19-18-25(2)26(3)20-30)43(41,42)31-16-9-6-10-17-31/h5-21,32H,4,22-24H2,1-3H3,(H,36,40)/t32-/m0/s1. The van der Waals surface area contributed by atoms with Crippen LogP contribution >= 0.6 is 11.6 Å². The molecular formula is C34H36ClN3O4S. The highest BCUT2D eigenvalue weighted by molar-refractivity contribution is 7.92. The van der Waals surface area contributed by atoms with Gasteiger partial charge < -0.3 is 10.2 Å². The Kier molecular flexibility index (Phi) is 10.6. The first kappa shape index (κ1) is 31.8. The minimum Gasteiger partial charge on any atom is -0.355 e. The summed E-state index contributed by atoms with van der Waals surface area (Å²) in [6, 6.07) is 28.9. The Bertz CT molecular complexity index is 1660. The molecule has 224 valence electrons. The summed E-state index contributed by atoms with van der Waals surface area (Å²) in [4.78, 5) is 29.5. The summed E-state index contributed by atoms with van der Waals surface area (Å²) >= 11 is 6.28. The number of hydrogen-bond acceptors (Lipinski definition) is 4. The summed E-state index contributed by atoms with van der Waals surface area (Å²) in [6.45, 7) is 5.57. The van der Waals surface area contributed by atoms with E-state index in [2.05, 4.69) is 5.32 Å². The number of sulfonamides is 1. The van der Waals surface area contributed by atoms with Crippen molar-refractivity contribution in [3.63, 3.8) is 0 Å². The Balaban J connectivity index is 1.81. The largest absolute Gasteiger partial charge is 0.355 e. The molecule has 0 aromatic heterocycles. The molecule has 7 nitrogen and oxygen atoms in total. The molecule has 9 heteroatoms. The highest BCUT2D eigenvalue weighted by atomic mass is 35.5. The fraction of sp³-hybridized carbons (Fsp3) is 0.235. The third-order valence-corrected chi connectivity index (χ3v) is 9.28. The van der Waals surface area contributed by atoms with Gasteiger partial charge in [0.1, 0.15) is 12.6 Å². The molecule has 2 amide bonds. The molecule has 4 aromatic carbocycles. The van der Waals surface area contributed by atoms with Crippen molar-refractivity contribution in [1.29, 1.82) is 0 Å². The molecular weight excluding hydrogens is 582 g/mol. The van der Waals surface area contributed by atoms with E-state index in [1.807, 2.05) is 63.2 Å². The van der Waals surface area contributed by atoms with Crippen LogP contribution in [-0.2, 0) is 32.6 Å². The number of rotatable bonds is 12. The molecule has 0 heterocycles. The Morgan fingerprint density at radius 1 is 0.814 bits per heavy atom. The molecule has 0 aliphatic carbocycles. The van der Waals surface area contributed by atoms with Crippen molar-refractivity contribution in [2.45, 2.75) is 44.7 Å². The van der Waals surface area contributed by atoms with E-state index in [9.17, 15) is 18.0 Å². The van der Waals surface area contributed by atoms with Crippen molar-refractivity contribution in [2.24, 2.45) is 0 Å². The van der Waals surface area contributed by atoms with Crippen molar-refractivity contribution in [3.8, 4) is 0 Å². The molecule has 1 N–H and O–H groups in total. The highest BCUT2D eigenvalue weighted by Gasteiger charge is 2.34. The van der Waals surface area contributed by atoms with Gasteiger partial charge in [0.25, 0.3) is 10.0 Å². The van der Waals surface area contributed by atoms with Crippen molar-refractivity contribution in [2.75, 3.05) is 17.4 Å². The van der Waals surface area contributed by atoms with Gasteiger partial charge in [-0.25, -0.2) is 8.42 Å². The maximum absolute atomic E-state index is 14.4. The first-order chi connectivity index (χ1) is 20.6. The molecule has 4 aromatic rings. The van der Waals surface area contributed by atoms with Crippen LogP contribution in [0.1, 0.15) is 29.2 Å². The second kappa shape index (κ2) is 14.4. The predicted octanol–water partition coefficient (Wildman–Crippen LogP) is 5.93. The second-order valence-electron chi connectivity index (χ2n) is 10.3. The Morgan fingerprint density at radius 3 is 2.09 bits per heavy atom. The van der Waals surface area contributed by atoms with Gasteiger partial charge in [-0.1, -0.05) is 78.3 Å². The van der Waals surface area contributed by atoms with E-state index < -0.39 is 28.5 Å². The molecule has 0 aliphatic rings. The van der Waals surface area contributed by atoms with Gasteiger partial charge >= 0.3 is 0 Å². The van der Waals surface area contributed by atoms with E-state index in [0.29, 0.717) is 22.8 Å². The van der Waals surface area contributed by atoms with Gasteiger partial charge in [-0.05, 0) is 79.4 Å². The number of amides is 2. The third kappa shape index (κ3) is 8.03. The van der Waals surface area contributed by atoms with E-state index in [1.165, 1.54) is 17.0 Å². The predicted molar refractivity (Wildman–Crippen MR) is 172 cm³/mol. The second-order valence-corrected chi connectivity index (χ2v) is 12.6. The van der Waals surface area contributed by atoms with Gasteiger partial charge in [-0.15, -0.1) is 0 Å². The number of carbonyl (C=O) groups is 2. The zero-order valence-corrected chi connectivity index (χ0v) is 26.1. The molecule has 4 rings (SSSR count). The molecule has 0 saturated carbocycles. The molecule has 0 fully saturated rings. The summed E-state index contributed by atoms with van der Waals surface area (Å²) < 4.78 is 29.2. The quantitative estimate of drug-likeness (QED) is 0.214. The molecule has 0 radical (unpaired) electrons. The van der Waals surface area contributed by atoms with E-state index in [0.717, 1.165) is 21.0 Å². The van der Waals surface area contributed by atoms with Crippen LogP contribution < -0.4 is 9.62 Å². The molecule has 1 atom stereocenters. The van der Waals surface area contributed by atoms with Crippen molar-refractivity contribution in [3.05, 3.63) is 130 Å². The van der Waals surface area contributed by atoms with Gasteiger partial charge in [0, 0.05) is 24.5 Å². The van der Waals surface area contributed by atoms with Crippen molar-refractivity contribution >= 4 is 39.1 Å². The summed E-state index contributed by atoms with van der Waals surface area (Å²) in [5.74, 6) is -0.852. The highest BCUT2D eigenvalue weighted by Crippen LogP contribution is 2.27. The SMILES string of the molecule is CCNC(=O)[C@H](Cc1ccccc1)N(Cc1cccc(Cl)c1)C(=O)CN(c1ccc(C)c(C)c1)S(=O)(=O)c1ccccc1. The fourth-order valence-electron chi connectivity index (χ4n) is 4.81. The number of nitrogens with one attached hydrogen (secondary N) is 1. The maximum atomic E-state index is 14.4. The van der Waals surface area contributed by atoms with E-state index in [1.54, 1.807) is 48.5 Å². The number of carbonyl (C=O) groups excluding carboxylic acids is 2. The van der Waals surface area contributed by atoms with Crippen LogP contribution in [0.15, 0.2) is 108 Å². The number of anilines is 1. The molecule has 0 spiro atoms. The van der Waals surface area contributed by atoms with Crippen LogP contribution in [0.25, 0.3) is 0 Å². The number of aryl methyl sites for hydroxylation is 2. The van der Waals surface area contributed by atoms with Crippen LogP contribution in [0.5, 0.6) is 0 Å². The maximum Gasteiger partial charge on any atom is 0.264 e. The van der Waals surface area contributed by atoms with E-state index in [-0.39, 0.29) is 23.8 Å². The van der Waals surface area contributed by atoms with Crippen LogP contribution in [0, 0.1) is 13.8 Å². The van der Waals surface area contributed by atoms with Crippen LogP contribution in [-0.4, -0.2) is 44.3 Å². The average Bonchev–Trinajstić information content (AvgIpc) is 3.00. The lowest BCUT2D eigenvalue weighted by Crippen LogP contribution is -2.53. The van der Waals surface area contributed by atoms with Crippen molar-refractivity contribution < 1.29 is 18.0 Å². The lowest BCUT2D eigenvalue weighted by atomic mass is 10.0. The van der Waals surface area contributed by atoms with Gasteiger partial charge in [-0.2, -0.15) is 0 Å². The van der Waals surface area contributed by atoms with Crippen LogP contribution in [0.3, 0.4) is 0 Å². The summed E-state index contributed by atoms with van der Waals surface area (Å²) in [6.07, 6.45) is 0.244.